The molecule has 4 rings (SSSR count). The number of non-ortho nitro benzene ring substituents is 2. The average Bonchev–Trinajstić information content (AvgIpc) is 3.04. The molecule has 2 saturated heterocycles. The molecule has 13 heteroatoms. The first kappa shape index (κ1) is 36.9. The molecule has 0 bridgehead atoms. The standard InChI is InChI=1S/C16H20N2O4.C12H16N2O3.C4H5ClO/c1-12(2)16(19)22-11-15-5-3-4-10-17(15)13-6-8-14(9-7-13)18(20)21;15-9-12-3-1-2-8-13(12)10-4-6-11(7-5-10)14(16)17;1-3(2)4(5)6/h6-9,15H,1,3-5,10-11H2,2H3;4-7,12,15H,1-3,8-9H2;1H2,2H3. The Kier molecular flexibility index (Phi) is 15.2. The molecule has 0 radical (unpaired) electrons. The van der Waals surface area contributed by atoms with Crippen molar-refractivity contribution < 1.29 is 29.3 Å². The second-order valence-electron chi connectivity index (χ2n) is 10.8. The molecule has 2 atom stereocenters. The Morgan fingerprint density at radius 3 is 1.58 bits per heavy atom. The van der Waals surface area contributed by atoms with Gasteiger partial charge in [0.15, 0.2) is 0 Å². The Morgan fingerprint density at radius 1 is 0.822 bits per heavy atom. The molecule has 45 heavy (non-hydrogen) atoms. The van der Waals surface area contributed by atoms with E-state index in [4.69, 9.17) is 16.3 Å². The van der Waals surface area contributed by atoms with E-state index in [1.54, 1.807) is 38.1 Å². The zero-order valence-corrected chi connectivity index (χ0v) is 26.5. The van der Waals surface area contributed by atoms with E-state index in [2.05, 4.69) is 23.0 Å². The number of hydrogen-bond donors (Lipinski definition) is 1. The fourth-order valence-corrected chi connectivity index (χ4v) is 4.87. The van der Waals surface area contributed by atoms with Crippen LogP contribution in [-0.2, 0) is 14.3 Å². The lowest BCUT2D eigenvalue weighted by molar-refractivity contribution is -0.385. The van der Waals surface area contributed by atoms with Crippen LogP contribution in [0.1, 0.15) is 52.4 Å². The van der Waals surface area contributed by atoms with Crippen LogP contribution in [0.15, 0.2) is 72.8 Å². The Labute approximate surface area is 268 Å². The van der Waals surface area contributed by atoms with Crippen LogP contribution in [0.4, 0.5) is 22.7 Å². The SMILES string of the molecule is C=C(C)C(=O)Cl.C=C(C)C(=O)OCC1CCCCN1c1ccc([N+](=O)[O-])cc1.O=[N+]([O-])c1ccc(N2CCCCC2CO)cc1. The van der Waals surface area contributed by atoms with E-state index < -0.39 is 15.1 Å². The summed E-state index contributed by atoms with van der Waals surface area (Å²) in [4.78, 5) is 46.1. The van der Waals surface area contributed by atoms with Crippen molar-refractivity contribution in [3.05, 3.63) is 93.1 Å². The largest absolute Gasteiger partial charge is 0.460 e. The van der Waals surface area contributed by atoms with E-state index in [9.17, 15) is 34.9 Å². The molecule has 0 saturated carbocycles. The number of halogens is 1. The lowest BCUT2D eigenvalue weighted by Gasteiger charge is -2.37. The highest BCUT2D eigenvalue weighted by atomic mass is 35.5. The highest BCUT2D eigenvalue weighted by Gasteiger charge is 2.25. The van der Waals surface area contributed by atoms with Crippen LogP contribution in [0.5, 0.6) is 0 Å². The summed E-state index contributed by atoms with van der Waals surface area (Å²) in [6, 6.07) is 13.3. The van der Waals surface area contributed by atoms with Crippen LogP contribution < -0.4 is 9.80 Å². The van der Waals surface area contributed by atoms with Crippen molar-refractivity contribution in [3.8, 4) is 0 Å². The molecule has 2 heterocycles. The molecule has 1 N–H and O–H groups in total. The minimum Gasteiger partial charge on any atom is -0.460 e. The number of hydrogen-bond acceptors (Lipinski definition) is 10. The number of aliphatic hydroxyl groups excluding tert-OH is 1. The molecule has 2 aliphatic heterocycles. The van der Waals surface area contributed by atoms with Gasteiger partial charge in [0.25, 0.3) is 11.4 Å². The van der Waals surface area contributed by atoms with Crippen LogP contribution in [0.2, 0.25) is 0 Å². The van der Waals surface area contributed by atoms with Crippen molar-refractivity contribution in [2.75, 3.05) is 36.1 Å². The maximum atomic E-state index is 11.5. The van der Waals surface area contributed by atoms with Crippen LogP contribution in [0, 0.1) is 20.2 Å². The van der Waals surface area contributed by atoms with Gasteiger partial charge >= 0.3 is 5.97 Å². The number of carbonyl (C=O) groups excluding carboxylic acids is 2. The molecule has 2 unspecified atom stereocenters. The summed E-state index contributed by atoms with van der Waals surface area (Å²) in [5.41, 5.74) is 2.82. The topological polar surface area (TPSA) is 156 Å². The number of nitrogens with zero attached hydrogens (tertiary/aromatic N) is 4. The van der Waals surface area contributed by atoms with Gasteiger partial charge in [-0.2, -0.15) is 0 Å². The second kappa shape index (κ2) is 18.5. The van der Waals surface area contributed by atoms with Gasteiger partial charge in [-0.25, -0.2) is 4.79 Å². The van der Waals surface area contributed by atoms with Gasteiger partial charge < -0.3 is 19.6 Å². The number of nitro groups is 2. The van der Waals surface area contributed by atoms with Crippen molar-refractivity contribution in [2.24, 2.45) is 0 Å². The fourth-order valence-electron chi connectivity index (χ4n) is 4.87. The van der Waals surface area contributed by atoms with Crippen molar-refractivity contribution in [3.63, 3.8) is 0 Å². The maximum absolute atomic E-state index is 11.5. The van der Waals surface area contributed by atoms with Crippen molar-refractivity contribution in [1.29, 1.82) is 0 Å². The van der Waals surface area contributed by atoms with Crippen molar-refractivity contribution in [2.45, 2.75) is 64.5 Å². The zero-order chi connectivity index (χ0) is 33.5. The number of rotatable bonds is 9. The second-order valence-corrected chi connectivity index (χ2v) is 11.2. The highest BCUT2D eigenvalue weighted by molar-refractivity contribution is 6.67. The number of carbonyl (C=O) groups is 2. The number of allylic oxidation sites excluding steroid dienone is 1. The monoisotopic (exact) mass is 644 g/mol. The first-order valence-electron chi connectivity index (χ1n) is 14.7. The van der Waals surface area contributed by atoms with Crippen LogP contribution in [0.25, 0.3) is 0 Å². The molecule has 2 aromatic rings. The van der Waals surface area contributed by atoms with Gasteiger partial charge in [-0.05, 0) is 88.2 Å². The summed E-state index contributed by atoms with van der Waals surface area (Å²) in [5.74, 6) is -0.380. The zero-order valence-electron chi connectivity index (χ0n) is 25.7. The smallest absolute Gasteiger partial charge is 0.333 e. The number of nitro benzene ring substituents is 2. The third-order valence-electron chi connectivity index (χ3n) is 7.34. The van der Waals surface area contributed by atoms with Crippen LogP contribution in [0.3, 0.4) is 0 Å². The van der Waals surface area contributed by atoms with Crippen molar-refractivity contribution in [1.82, 2.24) is 0 Å². The maximum Gasteiger partial charge on any atom is 0.333 e. The third-order valence-corrected chi connectivity index (χ3v) is 7.66. The van der Waals surface area contributed by atoms with Crippen molar-refractivity contribution >= 4 is 45.6 Å². The lowest BCUT2D eigenvalue weighted by Crippen LogP contribution is -2.43. The van der Waals surface area contributed by atoms with E-state index in [0.29, 0.717) is 17.8 Å². The first-order valence-corrected chi connectivity index (χ1v) is 15.0. The Balaban J connectivity index is 0.000000272. The number of piperidine rings is 2. The average molecular weight is 645 g/mol. The molecule has 0 amide bonds. The quantitative estimate of drug-likeness (QED) is 0.107. The van der Waals surface area contributed by atoms with Gasteiger partial charge in [0.2, 0.25) is 5.24 Å². The van der Waals surface area contributed by atoms with Gasteiger partial charge in [-0.15, -0.1) is 0 Å². The molecular weight excluding hydrogens is 604 g/mol. The molecular formula is C32H41ClN4O8. The molecule has 244 valence electrons. The Hall–Kier alpha value is -4.29. The van der Waals surface area contributed by atoms with Gasteiger partial charge in [0.05, 0.1) is 28.5 Å². The third kappa shape index (κ3) is 12.0. The van der Waals surface area contributed by atoms with E-state index in [0.717, 1.165) is 63.0 Å². The van der Waals surface area contributed by atoms with E-state index in [-0.39, 0.29) is 36.0 Å². The molecule has 2 aromatic carbocycles. The molecule has 2 fully saturated rings. The molecule has 2 aliphatic rings. The highest BCUT2D eigenvalue weighted by Crippen LogP contribution is 2.28. The normalized spacial score (nSPS) is 17.4. The predicted molar refractivity (Wildman–Crippen MR) is 175 cm³/mol. The number of ether oxygens (including phenoxy) is 1. The Bertz CT molecular complexity index is 1320. The number of aliphatic hydroxyl groups is 1. The fraction of sp³-hybridized carbons (Fsp3) is 0.438. The number of benzene rings is 2. The van der Waals surface area contributed by atoms with E-state index in [1.807, 2.05) is 0 Å². The predicted octanol–water partition coefficient (Wildman–Crippen LogP) is 6.35. The summed E-state index contributed by atoms with van der Waals surface area (Å²) in [5, 5.41) is 30.1. The van der Waals surface area contributed by atoms with Gasteiger partial charge in [-0.1, -0.05) is 13.2 Å². The molecule has 12 nitrogen and oxygen atoms in total. The minimum absolute atomic E-state index is 0.0750. The molecule has 0 aliphatic carbocycles. The van der Waals surface area contributed by atoms with Crippen LogP contribution >= 0.6 is 11.6 Å². The summed E-state index contributed by atoms with van der Waals surface area (Å²) < 4.78 is 5.27. The molecule has 0 aromatic heterocycles. The minimum atomic E-state index is -0.463. The van der Waals surface area contributed by atoms with E-state index >= 15 is 0 Å². The van der Waals surface area contributed by atoms with Gasteiger partial charge in [-0.3, -0.25) is 25.0 Å². The summed E-state index contributed by atoms with van der Waals surface area (Å²) in [6.45, 7) is 12.2. The van der Waals surface area contributed by atoms with Crippen LogP contribution in [-0.4, -0.2) is 64.6 Å². The van der Waals surface area contributed by atoms with Gasteiger partial charge in [0, 0.05) is 59.9 Å². The number of anilines is 2. The summed E-state index contributed by atoms with van der Waals surface area (Å²) in [7, 11) is 0. The van der Waals surface area contributed by atoms with Gasteiger partial charge in [0.1, 0.15) is 6.61 Å². The lowest BCUT2D eigenvalue weighted by atomic mass is 10.0. The summed E-state index contributed by atoms with van der Waals surface area (Å²) in [6.07, 6.45) is 6.29. The van der Waals surface area contributed by atoms with E-state index in [1.165, 1.54) is 24.3 Å². The summed E-state index contributed by atoms with van der Waals surface area (Å²) >= 11 is 4.87. The Morgan fingerprint density at radius 2 is 1.22 bits per heavy atom. The number of esters is 1. The first-order chi connectivity index (χ1) is 21.3. The molecule has 0 spiro atoms.